The van der Waals surface area contributed by atoms with E-state index in [0.717, 1.165) is 22.5 Å². The summed E-state index contributed by atoms with van der Waals surface area (Å²) in [5.74, 6) is 0. The largest absolute Gasteiger partial charge is 0.455 e. The minimum absolute atomic E-state index is 0.0937. The van der Waals surface area contributed by atoms with Crippen LogP contribution in [0.3, 0.4) is 0 Å². The van der Waals surface area contributed by atoms with Crippen LogP contribution < -0.4 is 0 Å². The van der Waals surface area contributed by atoms with Gasteiger partial charge in [0, 0.05) is 54.5 Å². The summed E-state index contributed by atoms with van der Waals surface area (Å²) in [6.45, 7) is 18.3. The second kappa shape index (κ2) is 12.7. The Kier molecular flexibility index (Phi) is 7.56. The van der Waals surface area contributed by atoms with Crippen LogP contribution in [0.2, 0.25) is 0 Å². The fourth-order valence-electron chi connectivity index (χ4n) is 10.7. The zero-order chi connectivity index (χ0) is 42.4. The maximum absolute atomic E-state index is 7.18. The fourth-order valence-corrected chi connectivity index (χ4v) is 10.7. The Labute approximate surface area is 361 Å². The molecule has 0 aliphatic carbocycles. The lowest BCUT2D eigenvalue weighted by Gasteiger charge is -2.22. The van der Waals surface area contributed by atoms with Crippen molar-refractivity contribution in [1.29, 1.82) is 0 Å². The first kappa shape index (κ1) is 36.8. The summed E-state index contributed by atoms with van der Waals surface area (Å²) >= 11 is 0. The van der Waals surface area contributed by atoms with Gasteiger partial charge in [-0.15, -0.1) is 0 Å². The molecule has 302 valence electrons. The van der Waals surface area contributed by atoms with Crippen LogP contribution in [0.1, 0.15) is 63.8 Å². The van der Waals surface area contributed by atoms with Gasteiger partial charge in [0.25, 0.3) is 0 Å². The number of hydrogen-bond acceptors (Lipinski definition) is 1. The summed E-state index contributed by atoms with van der Waals surface area (Å²) in [5, 5.41) is 9.80. The molecule has 12 aromatic rings. The highest BCUT2D eigenvalue weighted by Gasteiger charge is 2.30. The predicted octanol–water partition coefficient (Wildman–Crippen LogP) is 16.1. The first-order valence-electron chi connectivity index (χ1n) is 21.9. The second-order valence-corrected chi connectivity index (χ2v) is 19.5. The summed E-state index contributed by atoms with van der Waals surface area (Å²) in [5.41, 5.74) is 17.3. The topological polar surface area (TPSA) is 27.9 Å². The van der Waals surface area contributed by atoms with Gasteiger partial charge in [-0.2, -0.15) is 0 Å². The second-order valence-electron chi connectivity index (χ2n) is 19.5. The van der Waals surface area contributed by atoms with Gasteiger partial charge in [0.1, 0.15) is 11.2 Å². The molecule has 4 heterocycles. The SMILES string of the molecule is Cc1cc(C(C)(C)C)c2oc3c(C(C)(C)C)cc(C)c(-n4c5ccccc5c5c(-n6c7ccccc7c7cc(-n8c9ccccc9c9ccccc98)ccc76)cccc54)c3c2c1. The van der Waals surface area contributed by atoms with Crippen molar-refractivity contribution in [2.45, 2.75) is 66.2 Å². The molecule has 8 aromatic carbocycles. The Bertz CT molecular complexity index is 3790. The molecule has 0 aliphatic heterocycles. The van der Waals surface area contributed by atoms with E-state index in [9.17, 15) is 0 Å². The maximum Gasteiger partial charge on any atom is 0.141 e. The molecule has 0 saturated carbocycles. The van der Waals surface area contributed by atoms with Crippen LogP contribution in [0.4, 0.5) is 0 Å². The fraction of sp³-hybridized carbons (Fsp3) is 0.172. The molecule has 12 rings (SSSR count). The van der Waals surface area contributed by atoms with E-state index < -0.39 is 0 Å². The molecule has 0 amide bonds. The van der Waals surface area contributed by atoms with Crippen LogP contribution in [0, 0.1) is 13.8 Å². The van der Waals surface area contributed by atoms with E-state index in [4.69, 9.17) is 4.42 Å². The molecule has 0 N–H and O–H groups in total. The van der Waals surface area contributed by atoms with E-state index in [1.54, 1.807) is 0 Å². The standard InChI is InChI=1S/C58H49N3O/c1-34-30-42-53-54(35(2)32-44(58(6,7)8)56(53)62-55(42)43(31-34)57(3,4)5)61-48-25-16-12-21-40(48)52-50(26-17-27-51(52)61)60-47-24-15-11-20-39(47)41-33-36(28-29-49(41)60)59-45-22-13-9-18-37(45)38-19-10-14-23-46(38)59/h9-33H,1-8H3. The molecule has 4 nitrogen and oxygen atoms in total. The number of aryl methyl sites for hydroxylation is 2. The van der Waals surface area contributed by atoms with E-state index in [1.807, 2.05) is 0 Å². The van der Waals surface area contributed by atoms with Crippen molar-refractivity contribution >= 4 is 87.4 Å². The van der Waals surface area contributed by atoms with Crippen molar-refractivity contribution < 1.29 is 4.42 Å². The lowest BCUT2D eigenvalue weighted by molar-refractivity contribution is 0.556. The van der Waals surface area contributed by atoms with Crippen molar-refractivity contribution in [3.8, 4) is 17.1 Å². The highest BCUT2D eigenvalue weighted by Crippen LogP contribution is 2.48. The zero-order valence-corrected chi connectivity index (χ0v) is 36.7. The van der Waals surface area contributed by atoms with Gasteiger partial charge in [0.15, 0.2) is 0 Å². The normalized spacial score (nSPS) is 12.8. The highest BCUT2D eigenvalue weighted by molar-refractivity contribution is 6.20. The molecule has 0 radical (unpaired) electrons. The van der Waals surface area contributed by atoms with Crippen molar-refractivity contribution in [2.75, 3.05) is 0 Å². The summed E-state index contributed by atoms with van der Waals surface area (Å²) in [6, 6.07) is 56.3. The Morgan fingerprint density at radius 3 is 1.53 bits per heavy atom. The third-order valence-corrected chi connectivity index (χ3v) is 13.4. The first-order chi connectivity index (χ1) is 29.9. The van der Waals surface area contributed by atoms with Gasteiger partial charge in [0.2, 0.25) is 0 Å². The number of benzene rings is 8. The maximum atomic E-state index is 7.18. The van der Waals surface area contributed by atoms with Crippen LogP contribution in [0.15, 0.2) is 156 Å². The molecule has 0 spiro atoms. The van der Waals surface area contributed by atoms with E-state index >= 15 is 0 Å². The van der Waals surface area contributed by atoms with Crippen LogP contribution in [0.25, 0.3) is 104 Å². The summed E-state index contributed by atoms with van der Waals surface area (Å²) in [4.78, 5) is 0. The van der Waals surface area contributed by atoms with Gasteiger partial charge in [-0.05, 0) is 103 Å². The number of hydrogen-bond donors (Lipinski definition) is 0. The molecule has 0 aliphatic rings. The van der Waals surface area contributed by atoms with Crippen molar-refractivity contribution in [3.63, 3.8) is 0 Å². The third kappa shape index (κ3) is 5.07. The van der Waals surface area contributed by atoms with Gasteiger partial charge in [0.05, 0.1) is 49.9 Å². The molecule has 0 bridgehead atoms. The Hall–Kier alpha value is -7.04. The van der Waals surface area contributed by atoms with Crippen molar-refractivity contribution in [3.05, 3.63) is 174 Å². The first-order valence-corrected chi connectivity index (χ1v) is 21.9. The van der Waals surface area contributed by atoms with Crippen LogP contribution in [0.5, 0.6) is 0 Å². The average Bonchev–Trinajstić information content (AvgIpc) is 3.99. The van der Waals surface area contributed by atoms with Crippen LogP contribution in [-0.4, -0.2) is 13.7 Å². The smallest absolute Gasteiger partial charge is 0.141 e. The van der Waals surface area contributed by atoms with Crippen molar-refractivity contribution in [2.24, 2.45) is 0 Å². The quantitative estimate of drug-likeness (QED) is 0.175. The van der Waals surface area contributed by atoms with Gasteiger partial charge in [-0.3, -0.25) is 0 Å². The number of fused-ring (bicyclic) bond motifs is 12. The number of nitrogens with zero attached hydrogens (tertiary/aromatic N) is 3. The molecule has 0 unspecified atom stereocenters. The van der Waals surface area contributed by atoms with Gasteiger partial charge in [-0.25, -0.2) is 0 Å². The van der Waals surface area contributed by atoms with Crippen LogP contribution >= 0.6 is 0 Å². The lowest BCUT2D eigenvalue weighted by Crippen LogP contribution is -2.13. The highest BCUT2D eigenvalue weighted by atomic mass is 16.3. The number of furan rings is 1. The molecule has 0 saturated heterocycles. The number of aromatic nitrogens is 3. The molecule has 62 heavy (non-hydrogen) atoms. The number of para-hydroxylation sites is 4. The van der Waals surface area contributed by atoms with Gasteiger partial charge < -0.3 is 18.1 Å². The molecule has 4 heteroatoms. The third-order valence-electron chi connectivity index (χ3n) is 13.4. The van der Waals surface area contributed by atoms with Crippen molar-refractivity contribution in [1.82, 2.24) is 13.7 Å². The zero-order valence-electron chi connectivity index (χ0n) is 36.7. The minimum Gasteiger partial charge on any atom is -0.455 e. The van der Waals surface area contributed by atoms with E-state index in [1.165, 1.54) is 104 Å². The predicted molar refractivity (Wildman–Crippen MR) is 264 cm³/mol. The number of rotatable bonds is 3. The Morgan fingerprint density at radius 1 is 0.387 bits per heavy atom. The average molecular weight is 804 g/mol. The van der Waals surface area contributed by atoms with E-state index in [2.05, 4.69) is 221 Å². The summed E-state index contributed by atoms with van der Waals surface area (Å²) in [7, 11) is 0. The van der Waals surface area contributed by atoms with E-state index in [0.29, 0.717) is 0 Å². The van der Waals surface area contributed by atoms with Crippen LogP contribution in [-0.2, 0) is 10.8 Å². The Balaban J connectivity index is 1.18. The molecule has 4 aromatic heterocycles. The van der Waals surface area contributed by atoms with E-state index in [-0.39, 0.29) is 10.8 Å². The van der Waals surface area contributed by atoms with Gasteiger partial charge in [-0.1, -0.05) is 126 Å². The monoisotopic (exact) mass is 803 g/mol. The molecular weight excluding hydrogens is 755 g/mol. The Morgan fingerprint density at radius 2 is 0.903 bits per heavy atom. The van der Waals surface area contributed by atoms with Gasteiger partial charge >= 0.3 is 0 Å². The molecular formula is C58H49N3O. The molecule has 0 atom stereocenters. The summed E-state index contributed by atoms with van der Waals surface area (Å²) in [6.07, 6.45) is 0. The minimum atomic E-state index is -0.127. The summed E-state index contributed by atoms with van der Waals surface area (Å²) < 4.78 is 14.6. The molecule has 0 fully saturated rings. The lowest BCUT2D eigenvalue weighted by atomic mass is 9.83.